The van der Waals surface area contributed by atoms with Crippen LogP contribution in [0.2, 0.25) is 5.02 Å². The van der Waals surface area contributed by atoms with Crippen molar-refractivity contribution in [1.29, 1.82) is 0 Å². The van der Waals surface area contributed by atoms with Crippen molar-refractivity contribution in [3.05, 3.63) is 58.9 Å². The van der Waals surface area contributed by atoms with Gasteiger partial charge in [0.2, 0.25) is 10.0 Å². The second-order valence-corrected chi connectivity index (χ2v) is 8.43. The summed E-state index contributed by atoms with van der Waals surface area (Å²) in [6.45, 7) is 1.63. The van der Waals surface area contributed by atoms with Gasteiger partial charge in [-0.3, -0.25) is 4.79 Å². The van der Waals surface area contributed by atoms with Crippen molar-refractivity contribution in [2.24, 2.45) is 0 Å². The summed E-state index contributed by atoms with van der Waals surface area (Å²) in [5, 5.41) is 0.805. The Morgan fingerprint density at radius 3 is 2.23 bits per heavy atom. The normalized spacial score (nSPS) is 19.9. The number of urea groups is 1. The maximum atomic E-state index is 13.9. The van der Waals surface area contributed by atoms with Gasteiger partial charge in [-0.2, -0.15) is 17.9 Å². The van der Waals surface area contributed by atoms with Crippen molar-refractivity contribution in [3.63, 3.8) is 0 Å². The summed E-state index contributed by atoms with van der Waals surface area (Å²) in [6, 6.07) is 5.54. The van der Waals surface area contributed by atoms with E-state index in [0.717, 1.165) is 30.3 Å². The minimum atomic E-state index is -5.56. The molecule has 2 N–H and O–H groups in total. The number of anilines is 1. The van der Waals surface area contributed by atoms with E-state index in [4.69, 9.17) is 11.6 Å². The Hall–Kier alpha value is -2.70. The molecule has 1 unspecified atom stereocenters. The summed E-state index contributed by atoms with van der Waals surface area (Å²) < 4.78 is 81.4. The van der Waals surface area contributed by atoms with Crippen molar-refractivity contribution in [2.75, 3.05) is 4.90 Å². The first kappa shape index (κ1) is 22.0. The van der Waals surface area contributed by atoms with Crippen molar-refractivity contribution in [2.45, 2.75) is 23.7 Å². The average molecular weight is 466 g/mol. The lowest BCUT2D eigenvalue weighted by Gasteiger charge is -2.29. The maximum Gasteiger partial charge on any atom is 0.435 e. The van der Waals surface area contributed by atoms with Crippen molar-refractivity contribution in [3.8, 4) is 0 Å². The lowest BCUT2D eigenvalue weighted by atomic mass is 10.1. The number of imide groups is 1. The predicted molar refractivity (Wildman–Crippen MR) is 97.7 cm³/mol. The second-order valence-electron chi connectivity index (χ2n) is 6.34. The number of nitrogens with one attached hydrogen (secondary N) is 2. The van der Waals surface area contributed by atoms with Gasteiger partial charge < -0.3 is 5.32 Å². The quantitative estimate of drug-likeness (QED) is 0.536. The first-order valence-corrected chi connectivity index (χ1v) is 9.94. The number of benzene rings is 2. The molecule has 1 aliphatic rings. The molecule has 0 aromatic heterocycles. The molecule has 3 rings (SSSR count). The summed E-state index contributed by atoms with van der Waals surface area (Å²) in [5.74, 6) is -2.91. The van der Waals surface area contributed by atoms with Gasteiger partial charge in [0.05, 0.1) is 15.6 Å². The highest BCUT2D eigenvalue weighted by molar-refractivity contribution is 7.89. The van der Waals surface area contributed by atoms with Crippen molar-refractivity contribution >= 4 is 39.2 Å². The van der Waals surface area contributed by atoms with Crippen LogP contribution in [0.1, 0.15) is 5.56 Å². The number of amides is 3. The fourth-order valence-corrected chi connectivity index (χ4v) is 4.13. The zero-order valence-corrected chi connectivity index (χ0v) is 16.5. The molecule has 1 aliphatic heterocycles. The third-order valence-electron chi connectivity index (χ3n) is 4.23. The first-order chi connectivity index (χ1) is 13.8. The molecule has 1 heterocycles. The van der Waals surface area contributed by atoms with E-state index >= 15 is 0 Å². The van der Waals surface area contributed by atoms with Crippen LogP contribution in [-0.2, 0) is 14.8 Å². The van der Waals surface area contributed by atoms with Gasteiger partial charge in [0.1, 0.15) is 5.82 Å². The van der Waals surface area contributed by atoms with Crippen LogP contribution in [0.5, 0.6) is 0 Å². The third-order valence-corrected chi connectivity index (χ3v) is 5.98. The molecule has 0 aliphatic carbocycles. The zero-order chi connectivity index (χ0) is 22.5. The number of sulfonamides is 1. The lowest BCUT2D eigenvalue weighted by Crippen LogP contribution is -2.69. The fraction of sp³-hybridized carbons (Fsp3) is 0.176. The molecule has 1 saturated heterocycles. The van der Waals surface area contributed by atoms with Gasteiger partial charge in [-0.1, -0.05) is 29.3 Å². The molecule has 7 nitrogen and oxygen atoms in total. The molecule has 13 heteroatoms. The van der Waals surface area contributed by atoms with Gasteiger partial charge >= 0.3 is 12.2 Å². The summed E-state index contributed by atoms with van der Waals surface area (Å²) in [4.78, 5) is 24.4. The number of carbonyl (C=O) groups is 2. The van der Waals surface area contributed by atoms with Crippen LogP contribution in [0.3, 0.4) is 0 Å². The highest BCUT2D eigenvalue weighted by atomic mass is 35.5. The molecule has 3 amide bonds. The van der Waals surface area contributed by atoms with Crippen LogP contribution >= 0.6 is 11.6 Å². The number of aryl methyl sites for hydroxylation is 1. The van der Waals surface area contributed by atoms with Crippen LogP contribution in [0, 0.1) is 12.7 Å². The fourth-order valence-electron chi connectivity index (χ4n) is 2.69. The molecule has 0 saturated carbocycles. The summed E-state index contributed by atoms with van der Waals surface area (Å²) in [6.07, 6.45) is -5.56. The standard InChI is InChI=1S/C17H12ClF4N3O4S/c1-9-2-5-11(6-3-9)30(28,29)24-16(17(20,21)22)14(26)25(15(27)23-16)10-4-7-13(19)12(18)8-10/h2-8,24H,1H3,(H,23,27). The molecule has 0 spiro atoms. The highest BCUT2D eigenvalue weighted by Gasteiger charge is 2.69. The topological polar surface area (TPSA) is 95.6 Å². The monoisotopic (exact) mass is 465 g/mol. The minimum absolute atomic E-state index is 0.0243. The predicted octanol–water partition coefficient (Wildman–Crippen LogP) is 3.08. The van der Waals surface area contributed by atoms with Gasteiger partial charge in [0, 0.05) is 0 Å². The van der Waals surface area contributed by atoms with Crippen LogP contribution in [0.4, 0.5) is 28.0 Å². The van der Waals surface area contributed by atoms with Gasteiger partial charge in [0.25, 0.3) is 11.6 Å². The number of hydrogen-bond acceptors (Lipinski definition) is 4. The summed E-state index contributed by atoms with van der Waals surface area (Å²) >= 11 is 5.57. The maximum absolute atomic E-state index is 13.9. The van der Waals surface area contributed by atoms with Crippen molar-refractivity contribution in [1.82, 2.24) is 10.0 Å². The molecular formula is C17H12ClF4N3O4S. The SMILES string of the molecule is Cc1ccc(S(=O)(=O)NC2(C(F)(F)F)NC(=O)N(c3ccc(F)c(Cl)c3)C2=O)cc1. The Morgan fingerprint density at radius 2 is 1.70 bits per heavy atom. The molecule has 160 valence electrons. The number of alkyl halides is 3. The van der Waals surface area contributed by atoms with Crippen LogP contribution < -0.4 is 14.9 Å². The Bertz CT molecular complexity index is 1140. The van der Waals surface area contributed by atoms with E-state index in [9.17, 15) is 35.6 Å². The van der Waals surface area contributed by atoms with E-state index in [-0.39, 0.29) is 4.90 Å². The van der Waals surface area contributed by atoms with Crippen LogP contribution in [-0.4, -0.2) is 32.2 Å². The Kier molecular flexibility index (Phi) is 5.29. The highest BCUT2D eigenvalue weighted by Crippen LogP contribution is 2.37. The van der Waals surface area contributed by atoms with Gasteiger partial charge in [-0.25, -0.2) is 22.5 Å². The molecule has 0 radical (unpaired) electrons. The lowest BCUT2D eigenvalue weighted by molar-refractivity contribution is -0.194. The second kappa shape index (κ2) is 7.22. The van der Waals surface area contributed by atoms with Crippen molar-refractivity contribution < 1.29 is 35.6 Å². The molecule has 2 aromatic rings. The van der Waals surface area contributed by atoms with E-state index in [1.807, 2.05) is 0 Å². The van der Waals surface area contributed by atoms with E-state index < -0.39 is 55.2 Å². The Labute approximate surface area is 172 Å². The molecule has 1 fully saturated rings. The number of carbonyl (C=O) groups excluding carboxylic acids is 2. The van der Waals surface area contributed by atoms with Gasteiger partial charge in [-0.15, -0.1) is 0 Å². The molecular weight excluding hydrogens is 454 g/mol. The number of halogens is 5. The van der Waals surface area contributed by atoms with E-state index in [1.54, 1.807) is 6.92 Å². The number of rotatable bonds is 4. The van der Waals surface area contributed by atoms with E-state index in [2.05, 4.69) is 0 Å². The molecule has 30 heavy (non-hydrogen) atoms. The number of nitrogens with zero attached hydrogens (tertiary/aromatic N) is 1. The van der Waals surface area contributed by atoms with Crippen LogP contribution in [0.25, 0.3) is 0 Å². The van der Waals surface area contributed by atoms with E-state index in [1.165, 1.54) is 22.2 Å². The zero-order valence-electron chi connectivity index (χ0n) is 14.9. The van der Waals surface area contributed by atoms with Gasteiger partial charge in [-0.05, 0) is 37.3 Å². The van der Waals surface area contributed by atoms with E-state index in [0.29, 0.717) is 5.56 Å². The summed E-state index contributed by atoms with van der Waals surface area (Å²) in [5.41, 5.74) is -3.82. The Balaban J connectivity index is 2.08. The van der Waals surface area contributed by atoms with Gasteiger partial charge in [0.15, 0.2) is 0 Å². The number of hydrogen-bond donors (Lipinski definition) is 2. The third kappa shape index (κ3) is 3.61. The first-order valence-electron chi connectivity index (χ1n) is 8.07. The smallest absolute Gasteiger partial charge is 0.302 e. The average Bonchev–Trinajstić information content (AvgIpc) is 2.88. The molecule has 0 bridgehead atoms. The van der Waals surface area contributed by atoms with Crippen LogP contribution in [0.15, 0.2) is 47.4 Å². The Morgan fingerprint density at radius 1 is 1.10 bits per heavy atom. The minimum Gasteiger partial charge on any atom is -0.302 e. The largest absolute Gasteiger partial charge is 0.435 e. The molecule has 2 aromatic carbocycles. The molecule has 1 atom stereocenters. The summed E-state index contributed by atoms with van der Waals surface area (Å²) in [7, 11) is -4.90.